The molecule has 170 valence electrons. The van der Waals surface area contributed by atoms with Crippen molar-refractivity contribution in [3.63, 3.8) is 0 Å². The summed E-state index contributed by atoms with van der Waals surface area (Å²) in [6, 6.07) is 17.4. The summed E-state index contributed by atoms with van der Waals surface area (Å²) in [7, 11) is 0. The Bertz CT molecular complexity index is 1560. The number of hydrogen-bond acceptors (Lipinski definition) is 6. The second kappa shape index (κ2) is 9.36. The van der Waals surface area contributed by atoms with E-state index < -0.39 is 17.2 Å². The van der Waals surface area contributed by atoms with Gasteiger partial charge in [0, 0.05) is 11.1 Å². The lowest BCUT2D eigenvalue weighted by Gasteiger charge is -2.13. The largest absolute Gasteiger partial charge is 0.424 e. The van der Waals surface area contributed by atoms with Gasteiger partial charge in [-0.1, -0.05) is 53.7 Å². The molecule has 2 heterocycles. The van der Waals surface area contributed by atoms with E-state index in [0.29, 0.717) is 34.8 Å². The number of hydrogen-bond donors (Lipinski definition) is 0. The fourth-order valence-corrected chi connectivity index (χ4v) is 4.44. The fraction of sp³-hybridized carbons (Fsp3) is 0.0833. The van der Waals surface area contributed by atoms with Gasteiger partial charge in [-0.15, -0.1) is 10.2 Å². The van der Waals surface area contributed by atoms with Crippen molar-refractivity contribution in [1.29, 1.82) is 0 Å². The molecule has 0 aliphatic rings. The zero-order valence-corrected chi connectivity index (χ0v) is 19.0. The highest BCUT2D eigenvalue weighted by Gasteiger charge is 2.18. The Morgan fingerprint density at radius 2 is 1.76 bits per heavy atom. The van der Waals surface area contributed by atoms with Gasteiger partial charge in [-0.05, 0) is 35.9 Å². The second-order valence-corrected chi connectivity index (χ2v) is 8.71. The summed E-state index contributed by atoms with van der Waals surface area (Å²) < 4.78 is 35.0. The molecule has 0 aliphatic heterocycles. The third kappa shape index (κ3) is 4.57. The van der Waals surface area contributed by atoms with E-state index in [9.17, 15) is 13.6 Å². The summed E-state index contributed by atoms with van der Waals surface area (Å²) in [5, 5.41) is 8.87. The summed E-state index contributed by atoms with van der Waals surface area (Å²) in [5.74, 6) is -0.680. The van der Waals surface area contributed by atoms with Crippen LogP contribution in [0.25, 0.3) is 16.6 Å². The van der Waals surface area contributed by atoms with E-state index in [1.807, 2.05) is 30.3 Å². The highest BCUT2D eigenvalue weighted by molar-refractivity contribution is 7.98. The van der Waals surface area contributed by atoms with Crippen molar-refractivity contribution in [3.05, 3.63) is 111 Å². The SMILES string of the molecule is O=c1c2cc(Cl)ccc2nc(SCc2nnc(Cc3ccccc3)o2)n1-c1ccc(F)cc1F. The first kappa shape index (κ1) is 22.2. The molecule has 0 saturated heterocycles. The van der Waals surface area contributed by atoms with E-state index in [1.165, 1.54) is 12.1 Å². The van der Waals surface area contributed by atoms with E-state index in [2.05, 4.69) is 15.2 Å². The molecule has 0 saturated carbocycles. The monoisotopic (exact) mass is 496 g/mol. The molecule has 5 aromatic rings. The third-order valence-corrected chi connectivity index (χ3v) is 6.14. The van der Waals surface area contributed by atoms with Crippen LogP contribution in [0.2, 0.25) is 5.02 Å². The van der Waals surface area contributed by atoms with Crippen molar-refractivity contribution in [2.75, 3.05) is 0 Å². The average molecular weight is 497 g/mol. The third-order valence-electron chi connectivity index (χ3n) is 4.98. The summed E-state index contributed by atoms with van der Waals surface area (Å²) >= 11 is 7.17. The number of nitrogens with zero attached hydrogens (tertiary/aromatic N) is 4. The van der Waals surface area contributed by atoms with Gasteiger partial charge in [-0.2, -0.15) is 0 Å². The van der Waals surface area contributed by atoms with Crippen LogP contribution in [-0.4, -0.2) is 19.7 Å². The van der Waals surface area contributed by atoms with Crippen LogP contribution >= 0.6 is 23.4 Å². The molecule has 0 aliphatic carbocycles. The Labute approximate surface area is 201 Å². The topological polar surface area (TPSA) is 73.8 Å². The number of thioether (sulfide) groups is 1. The molecular weight excluding hydrogens is 482 g/mol. The Morgan fingerprint density at radius 3 is 2.56 bits per heavy atom. The van der Waals surface area contributed by atoms with Gasteiger partial charge in [0.25, 0.3) is 5.56 Å². The minimum atomic E-state index is -0.893. The molecule has 0 radical (unpaired) electrons. The van der Waals surface area contributed by atoms with Crippen LogP contribution in [-0.2, 0) is 12.2 Å². The lowest BCUT2D eigenvalue weighted by molar-refractivity contribution is 0.474. The summed E-state index contributed by atoms with van der Waals surface area (Å²) in [6.45, 7) is 0. The van der Waals surface area contributed by atoms with Gasteiger partial charge < -0.3 is 4.42 Å². The van der Waals surface area contributed by atoms with Crippen molar-refractivity contribution >= 4 is 34.3 Å². The van der Waals surface area contributed by atoms with Gasteiger partial charge in [0.05, 0.1) is 28.8 Å². The zero-order chi connectivity index (χ0) is 23.7. The molecule has 0 atom stereocenters. The summed E-state index contributed by atoms with van der Waals surface area (Å²) in [4.78, 5) is 17.8. The van der Waals surface area contributed by atoms with Crippen LogP contribution < -0.4 is 5.56 Å². The van der Waals surface area contributed by atoms with Crippen molar-refractivity contribution in [3.8, 4) is 5.69 Å². The molecule has 0 fully saturated rings. The van der Waals surface area contributed by atoms with Crippen LogP contribution in [0.5, 0.6) is 0 Å². The standard InChI is InChI=1S/C24H15ClF2N4O2S/c25-15-6-8-19-17(11-15)23(32)31(20-9-7-16(26)12-18(20)27)24(28-19)34-13-22-30-29-21(33-22)10-14-4-2-1-3-5-14/h1-9,11-12H,10,13H2. The fourth-order valence-electron chi connectivity index (χ4n) is 3.42. The van der Waals surface area contributed by atoms with E-state index in [-0.39, 0.29) is 22.0 Å². The molecule has 0 bridgehead atoms. The zero-order valence-electron chi connectivity index (χ0n) is 17.4. The van der Waals surface area contributed by atoms with Gasteiger partial charge >= 0.3 is 0 Å². The molecule has 3 aromatic carbocycles. The number of rotatable bonds is 6. The molecule has 10 heteroatoms. The first-order chi connectivity index (χ1) is 16.5. The predicted octanol–water partition coefficient (Wildman–Crippen LogP) is 5.58. The first-order valence-corrected chi connectivity index (χ1v) is 11.5. The maximum Gasteiger partial charge on any atom is 0.266 e. The van der Waals surface area contributed by atoms with Gasteiger partial charge in [0.15, 0.2) is 5.16 Å². The Balaban J connectivity index is 1.50. The lowest BCUT2D eigenvalue weighted by atomic mass is 10.2. The van der Waals surface area contributed by atoms with Crippen LogP contribution in [0.1, 0.15) is 17.3 Å². The Hall–Kier alpha value is -3.56. The molecular formula is C24H15ClF2N4O2S. The molecule has 6 nitrogen and oxygen atoms in total. The maximum atomic E-state index is 14.6. The van der Waals surface area contributed by atoms with E-state index in [1.54, 1.807) is 12.1 Å². The predicted molar refractivity (Wildman–Crippen MR) is 125 cm³/mol. The molecule has 5 rings (SSSR count). The van der Waals surface area contributed by atoms with Gasteiger partial charge in [0.2, 0.25) is 11.8 Å². The van der Waals surface area contributed by atoms with Crippen LogP contribution in [0.3, 0.4) is 0 Å². The minimum absolute atomic E-state index is 0.126. The smallest absolute Gasteiger partial charge is 0.266 e. The Kier molecular flexibility index (Phi) is 6.12. The van der Waals surface area contributed by atoms with Crippen LogP contribution in [0.15, 0.2) is 81.1 Å². The van der Waals surface area contributed by atoms with Crippen molar-refractivity contribution in [2.24, 2.45) is 0 Å². The van der Waals surface area contributed by atoms with E-state index >= 15 is 0 Å². The average Bonchev–Trinajstić information content (AvgIpc) is 3.27. The minimum Gasteiger partial charge on any atom is -0.424 e. The van der Waals surface area contributed by atoms with Gasteiger partial charge in [-0.3, -0.25) is 9.36 Å². The quantitative estimate of drug-likeness (QED) is 0.225. The Morgan fingerprint density at radius 1 is 0.971 bits per heavy atom. The van der Waals surface area contributed by atoms with Crippen molar-refractivity contribution < 1.29 is 13.2 Å². The number of fused-ring (bicyclic) bond motifs is 1. The number of benzene rings is 3. The number of aromatic nitrogens is 4. The summed E-state index contributed by atoms with van der Waals surface area (Å²) in [5.41, 5.74) is 0.765. The molecule has 2 aromatic heterocycles. The molecule has 0 spiro atoms. The summed E-state index contributed by atoms with van der Waals surface area (Å²) in [6.07, 6.45) is 0.485. The van der Waals surface area contributed by atoms with Crippen molar-refractivity contribution in [1.82, 2.24) is 19.7 Å². The van der Waals surface area contributed by atoms with Crippen LogP contribution in [0, 0.1) is 11.6 Å². The highest BCUT2D eigenvalue weighted by atomic mass is 35.5. The van der Waals surface area contributed by atoms with Crippen molar-refractivity contribution in [2.45, 2.75) is 17.3 Å². The molecule has 0 unspecified atom stereocenters. The van der Waals surface area contributed by atoms with Crippen LogP contribution in [0.4, 0.5) is 8.78 Å². The molecule has 0 amide bonds. The molecule has 34 heavy (non-hydrogen) atoms. The highest BCUT2D eigenvalue weighted by Crippen LogP contribution is 2.27. The van der Waals surface area contributed by atoms with E-state index in [4.69, 9.17) is 16.0 Å². The van der Waals surface area contributed by atoms with Gasteiger partial charge in [-0.25, -0.2) is 13.8 Å². The lowest BCUT2D eigenvalue weighted by Crippen LogP contribution is -2.22. The maximum absolute atomic E-state index is 14.6. The second-order valence-electron chi connectivity index (χ2n) is 7.33. The molecule has 0 N–H and O–H groups in total. The number of halogens is 3. The van der Waals surface area contributed by atoms with Gasteiger partial charge in [0.1, 0.15) is 11.6 Å². The normalized spacial score (nSPS) is 11.3. The van der Waals surface area contributed by atoms with E-state index in [0.717, 1.165) is 28.0 Å². The first-order valence-electron chi connectivity index (χ1n) is 10.1.